The fraction of sp³-hybridized carbons (Fsp3) is 0.167. The van der Waals surface area contributed by atoms with Crippen LogP contribution in [-0.4, -0.2) is 30.3 Å². The first-order valence-corrected chi connectivity index (χ1v) is 6.65. The fourth-order valence-electron chi connectivity index (χ4n) is 1.95. The van der Waals surface area contributed by atoms with Crippen LogP contribution in [0.4, 0.5) is 5.69 Å². The zero-order chi connectivity index (χ0) is 14.3. The van der Waals surface area contributed by atoms with Crippen LogP contribution in [0, 0.1) is 6.92 Å². The molecule has 0 aliphatic carbocycles. The number of carbonyl (C=O) groups is 1. The molecule has 0 fully saturated rings. The number of nitrogens with zero attached hydrogens (tertiary/aromatic N) is 5. The van der Waals surface area contributed by atoms with Crippen molar-refractivity contribution in [1.82, 2.24) is 24.4 Å². The van der Waals surface area contributed by atoms with Gasteiger partial charge in [-0.2, -0.15) is 10.2 Å². The lowest BCUT2D eigenvalue weighted by Gasteiger charge is -2.07. The van der Waals surface area contributed by atoms with Crippen LogP contribution < -0.4 is 5.32 Å². The monoisotopic (exact) mass is 334 g/mol. The SMILES string of the molecule is Cc1c(C(=O)Nc2cn(C)nc2Br)cnc2ccnn12. The molecule has 0 spiro atoms. The van der Waals surface area contributed by atoms with Crippen molar-refractivity contribution in [3.63, 3.8) is 0 Å². The van der Waals surface area contributed by atoms with Crippen molar-refractivity contribution in [2.45, 2.75) is 6.92 Å². The van der Waals surface area contributed by atoms with Gasteiger partial charge in [0.1, 0.15) is 0 Å². The maximum absolute atomic E-state index is 12.3. The largest absolute Gasteiger partial charge is 0.318 e. The summed E-state index contributed by atoms with van der Waals surface area (Å²) in [5.74, 6) is -0.249. The van der Waals surface area contributed by atoms with Gasteiger partial charge in [0.05, 0.1) is 23.1 Å². The summed E-state index contributed by atoms with van der Waals surface area (Å²) in [5, 5.41) is 11.0. The standard InChI is InChI=1S/C12H11BrN6O/c1-7-8(5-14-10-3-4-15-19(7)10)12(20)16-9-6-18(2)17-11(9)13/h3-6H,1-2H3,(H,16,20). The molecule has 1 N–H and O–H groups in total. The Morgan fingerprint density at radius 1 is 1.45 bits per heavy atom. The molecule has 8 heteroatoms. The van der Waals surface area contributed by atoms with E-state index in [0.717, 1.165) is 5.69 Å². The van der Waals surface area contributed by atoms with Gasteiger partial charge in [-0.05, 0) is 22.9 Å². The van der Waals surface area contributed by atoms with Crippen LogP contribution in [0.2, 0.25) is 0 Å². The highest BCUT2D eigenvalue weighted by Crippen LogP contribution is 2.20. The second-order valence-electron chi connectivity index (χ2n) is 4.32. The van der Waals surface area contributed by atoms with E-state index in [0.29, 0.717) is 21.5 Å². The number of rotatable bonds is 2. The van der Waals surface area contributed by atoms with Gasteiger partial charge in [-0.1, -0.05) is 0 Å². The summed E-state index contributed by atoms with van der Waals surface area (Å²) in [6.07, 6.45) is 4.91. The predicted octanol–water partition coefficient (Wildman–Crippen LogP) is 1.79. The van der Waals surface area contributed by atoms with Crippen molar-refractivity contribution in [3.05, 3.63) is 40.5 Å². The molecule has 0 radical (unpaired) electrons. The van der Waals surface area contributed by atoms with E-state index in [-0.39, 0.29) is 5.91 Å². The molecule has 3 rings (SSSR count). The normalized spacial score (nSPS) is 10.9. The molecule has 0 unspecified atom stereocenters. The summed E-state index contributed by atoms with van der Waals surface area (Å²) in [4.78, 5) is 16.5. The number of carbonyl (C=O) groups excluding carboxylic acids is 1. The van der Waals surface area contributed by atoms with E-state index in [1.165, 1.54) is 0 Å². The summed E-state index contributed by atoms with van der Waals surface area (Å²) in [6, 6.07) is 1.78. The van der Waals surface area contributed by atoms with Crippen molar-refractivity contribution in [1.29, 1.82) is 0 Å². The van der Waals surface area contributed by atoms with Crippen molar-refractivity contribution in [2.24, 2.45) is 7.05 Å². The zero-order valence-electron chi connectivity index (χ0n) is 10.8. The maximum atomic E-state index is 12.3. The van der Waals surface area contributed by atoms with E-state index in [1.807, 2.05) is 6.92 Å². The molecule has 0 bridgehead atoms. The maximum Gasteiger partial charge on any atom is 0.259 e. The van der Waals surface area contributed by atoms with Gasteiger partial charge in [0.15, 0.2) is 10.3 Å². The van der Waals surface area contributed by atoms with Crippen molar-refractivity contribution >= 4 is 33.2 Å². The van der Waals surface area contributed by atoms with Gasteiger partial charge < -0.3 is 5.32 Å². The quantitative estimate of drug-likeness (QED) is 0.775. The summed E-state index contributed by atoms with van der Waals surface area (Å²) in [7, 11) is 1.78. The minimum absolute atomic E-state index is 0.249. The minimum atomic E-state index is -0.249. The first-order chi connectivity index (χ1) is 9.56. The number of halogens is 1. The van der Waals surface area contributed by atoms with Gasteiger partial charge in [0.2, 0.25) is 0 Å². The van der Waals surface area contributed by atoms with Crippen LogP contribution in [-0.2, 0) is 7.05 Å². The highest BCUT2D eigenvalue weighted by Gasteiger charge is 2.15. The van der Waals surface area contributed by atoms with E-state index < -0.39 is 0 Å². The van der Waals surface area contributed by atoms with Crippen LogP contribution in [0.1, 0.15) is 16.1 Å². The topological polar surface area (TPSA) is 77.1 Å². The summed E-state index contributed by atoms with van der Waals surface area (Å²) < 4.78 is 3.83. The Morgan fingerprint density at radius 2 is 2.25 bits per heavy atom. The van der Waals surface area contributed by atoms with Gasteiger partial charge in [-0.15, -0.1) is 0 Å². The van der Waals surface area contributed by atoms with E-state index in [1.54, 1.807) is 40.9 Å². The molecule has 0 atom stereocenters. The lowest BCUT2D eigenvalue weighted by Crippen LogP contribution is -2.16. The number of hydrogen-bond donors (Lipinski definition) is 1. The second kappa shape index (κ2) is 4.71. The van der Waals surface area contributed by atoms with Crippen molar-refractivity contribution in [2.75, 3.05) is 5.32 Å². The smallest absolute Gasteiger partial charge is 0.259 e. The van der Waals surface area contributed by atoms with Gasteiger partial charge in [0.25, 0.3) is 5.91 Å². The fourth-order valence-corrected chi connectivity index (χ4v) is 2.40. The third-order valence-corrected chi connectivity index (χ3v) is 3.52. The summed E-state index contributed by atoms with van der Waals surface area (Å²) >= 11 is 3.29. The van der Waals surface area contributed by atoms with Gasteiger partial charge in [0, 0.05) is 25.5 Å². The Balaban J connectivity index is 1.96. The minimum Gasteiger partial charge on any atom is -0.318 e. The first-order valence-electron chi connectivity index (χ1n) is 5.86. The number of aromatic nitrogens is 5. The number of fused-ring (bicyclic) bond motifs is 1. The third kappa shape index (κ3) is 2.07. The summed E-state index contributed by atoms with van der Waals surface area (Å²) in [5.41, 5.74) is 2.52. The lowest BCUT2D eigenvalue weighted by molar-refractivity contribution is 0.102. The molecular weight excluding hydrogens is 324 g/mol. The number of aryl methyl sites for hydroxylation is 2. The van der Waals surface area contributed by atoms with Crippen LogP contribution in [0.25, 0.3) is 5.65 Å². The molecule has 0 aliphatic heterocycles. The van der Waals surface area contributed by atoms with E-state index in [9.17, 15) is 4.79 Å². The Labute approximate surface area is 122 Å². The molecule has 7 nitrogen and oxygen atoms in total. The van der Waals surface area contributed by atoms with E-state index in [4.69, 9.17) is 0 Å². The van der Waals surface area contributed by atoms with Crippen LogP contribution in [0.3, 0.4) is 0 Å². The van der Waals surface area contributed by atoms with E-state index in [2.05, 4.69) is 36.4 Å². The molecule has 3 aromatic rings. The van der Waals surface area contributed by atoms with Crippen molar-refractivity contribution < 1.29 is 4.79 Å². The first kappa shape index (κ1) is 12.8. The van der Waals surface area contributed by atoms with Gasteiger partial charge in [-0.3, -0.25) is 9.48 Å². The number of nitrogens with one attached hydrogen (secondary N) is 1. The lowest BCUT2D eigenvalue weighted by atomic mass is 10.2. The molecule has 0 saturated heterocycles. The molecule has 0 aromatic carbocycles. The molecule has 1 amide bonds. The molecular formula is C12H11BrN6O. The highest BCUT2D eigenvalue weighted by atomic mass is 79.9. The average molecular weight is 335 g/mol. The van der Waals surface area contributed by atoms with E-state index >= 15 is 0 Å². The molecule has 20 heavy (non-hydrogen) atoms. The van der Waals surface area contributed by atoms with Gasteiger partial charge in [-0.25, -0.2) is 9.50 Å². The average Bonchev–Trinajstić information content (AvgIpc) is 2.97. The van der Waals surface area contributed by atoms with Crippen LogP contribution >= 0.6 is 15.9 Å². The number of amides is 1. The Kier molecular flexibility index (Phi) is 3.01. The summed E-state index contributed by atoms with van der Waals surface area (Å²) in [6.45, 7) is 1.83. The Hall–Kier alpha value is -2.22. The molecule has 3 heterocycles. The van der Waals surface area contributed by atoms with Crippen LogP contribution in [0.15, 0.2) is 29.3 Å². The second-order valence-corrected chi connectivity index (χ2v) is 5.07. The predicted molar refractivity (Wildman–Crippen MR) is 76.6 cm³/mol. The van der Waals surface area contributed by atoms with Gasteiger partial charge >= 0.3 is 0 Å². The highest BCUT2D eigenvalue weighted by molar-refractivity contribution is 9.10. The molecule has 102 valence electrons. The molecule has 0 aliphatic rings. The Morgan fingerprint density at radius 3 is 2.95 bits per heavy atom. The molecule has 3 aromatic heterocycles. The Bertz CT molecular complexity index is 805. The zero-order valence-corrected chi connectivity index (χ0v) is 12.4. The molecule has 0 saturated carbocycles. The number of anilines is 1. The van der Waals surface area contributed by atoms with Crippen LogP contribution in [0.5, 0.6) is 0 Å². The van der Waals surface area contributed by atoms with Crippen molar-refractivity contribution in [3.8, 4) is 0 Å². The third-order valence-electron chi connectivity index (χ3n) is 2.93. The number of hydrogen-bond acceptors (Lipinski definition) is 4.